The van der Waals surface area contributed by atoms with Crippen LogP contribution in [0.3, 0.4) is 0 Å². The summed E-state index contributed by atoms with van der Waals surface area (Å²) in [6.45, 7) is 1.58. The number of rotatable bonds is 6. The molecule has 1 aliphatic heterocycles. The lowest BCUT2D eigenvalue weighted by molar-refractivity contribution is -0.384. The molecule has 0 unspecified atom stereocenters. The Kier molecular flexibility index (Phi) is 5.87. The van der Waals surface area contributed by atoms with Gasteiger partial charge in [0.2, 0.25) is 5.91 Å². The molecule has 1 atom stereocenters. The zero-order chi connectivity index (χ0) is 21.0. The van der Waals surface area contributed by atoms with Crippen LogP contribution in [0, 0.1) is 23.0 Å². The van der Waals surface area contributed by atoms with Crippen LogP contribution in [-0.2, 0) is 19.1 Å². The first kappa shape index (κ1) is 20.0. The Hall–Kier alpha value is -3.75. The number of esters is 1. The number of anilines is 2. The van der Waals surface area contributed by atoms with Crippen molar-refractivity contribution in [2.24, 2.45) is 5.92 Å². The zero-order valence-electron chi connectivity index (χ0n) is 15.7. The van der Waals surface area contributed by atoms with Crippen LogP contribution in [0.4, 0.5) is 17.1 Å². The topological polar surface area (TPSA) is 119 Å². The molecular weight excluding hydrogens is 378 g/mol. The van der Waals surface area contributed by atoms with Gasteiger partial charge in [0.1, 0.15) is 0 Å². The van der Waals surface area contributed by atoms with Crippen molar-refractivity contribution in [3.8, 4) is 0 Å². The maximum Gasteiger partial charge on any atom is 0.311 e. The molecule has 9 nitrogen and oxygen atoms in total. The van der Waals surface area contributed by atoms with Gasteiger partial charge >= 0.3 is 5.97 Å². The summed E-state index contributed by atoms with van der Waals surface area (Å²) in [5.41, 5.74) is 1.83. The fourth-order valence-electron chi connectivity index (χ4n) is 2.99. The highest BCUT2D eigenvalue weighted by Crippen LogP contribution is 2.26. The maximum absolute atomic E-state index is 12.3. The molecule has 29 heavy (non-hydrogen) atoms. The highest BCUT2D eigenvalue weighted by atomic mass is 16.6. The highest BCUT2D eigenvalue weighted by Gasteiger charge is 2.36. The van der Waals surface area contributed by atoms with Gasteiger partial charge in [0, 0.05) is 36.5 Å². The summed E-state index contributed by atoms with van der Waals surface area (Å²) >= 11 is 0. The molecule has 0 saturated carbocycles. The predicted molar refractivity (Wildman–Crippen MR) is 104 cm³/mol. The monoisotopic (exact) mass is 397 g/mol. The average Bonchev–Trinajstić information content (AvgIpc) is 3.08. The summed E-state index contributed by atoms with van der Waals surface area (Å²) in [5.74, 6) is -2.10. The van der Waals surface area contributed by atoms with E-state index in [9.17, 15) is 24.5 Å². The van der Waals surface area contributed by atoms with E-state index < -0.39 is 29.3 Å². The van der Waals surface area contributed by atoms with Crippen molar-refractivity contribution in [1.29, 1.82) is 0 Å². The normalized spacial score (nSPS) is 15.8. The lowest BCUT2D eigenvalue weighted by Crippen LogP contribution is -2.28. The van der Waals surface area contributed by atoms with Gasteiger partial charge in [-0.15, -0.1) is 0 Å². The second kappa shape index (κ2) is 8.51. The number of nitro benzene ring substituents is 1. The lowest BCUT2D eigenvalue weighted by atomic mass is 10.1. The summed E-state index contributed by atoms with van der Waals surface area (Å²) in [5, 5.41) is 13.2. The standard InChI is InChI=1S/C20H19N3O6/c1-13-5-7-16(8-6-13)22-11-14(9-19(22)25)20(26)29-12-18(24)21-15-3-2-4-17(10-15)23(27)28/h2-8,10,14H,9,11-12H2,1H3,(H,21,24)/t14-/m0/s1. The minimum Gasteiger partial charge on any atom is -0.455 e. The number of nitro groups is 1. The predicted octanol–water partition coefficient (Wildman–Crippen LogP) is 2.44. The molecule has 2 aromatic rings. The Bertz CT molecular complexity index is 957. The Morgan fingerprint density at radius 1 is 1.24 bits per heavy atom. The molecule has 1 saturated heterocycles. The van der Waals surface area contributed by atoms with Gasteiger partial charge in [-0.2, -0.15) is 0 Å². The van der Waals surface area contributed by atoms with Crippen molar-refractivity contribution < 1.29 is 24.0 Å². The van der Waals surface area contributed by atoms with Crippen molar-refractivity contribution in [3.63, 3.8) is 0 Å². The van der Waals surface area contributed by atoms with Gasteiger partial charge in [-0.1, -0.05) is 23.8 Å². The van der Waals surface area contributed by atoms with Gasteiger partial charge in [0.15, 0.2) is 6.61 Å². The van der Waals surface area contributed by atoms with E-state index in [1.165, 1.54) is 29.2 Å². The number of hydrogen-bond donors (Lipinski definition) is 1. The molecule has 150 valence electrons. The molecule has 2 aromatic carbocycles. The van der Waals surface area contributed by atoms with E-state index in [4.69, 9.17) is 4.74 Å². The molecule has 1 fully saturated rings. The van der Waals surface area contributed by atoms with Crippen LogP contribution >= 0.6 is 0 Å². The number of nitrogens with one attached hydrogen (secondary N) is 1. The lowest BCUT2D eigenvalue weighted by Gasteiger charge is -2.16. The molecule has 1 aliphatic rings. The number of benzene rings is 2. The third-order valence-electron chi connectivity index (χ3n) is 4.49. The van der Waals surface area contributed by atoms with E-state index in [2.05, 4.69) is 5.32 Å². The molecule has 3 rings (SSSR count). The van der Waals surface area contributed by atoms with Gasteiger partial charge < -0.3 is 15.0 Å². The number of non-ortho nitro benzene ring substituents is 1. The van der Waals surface area contributed by atoms with Crippen molar-refractivity contribution in [1.82, 2.24) is 0 Å². The minimum atomic E-state index is -0.658. The fourth-order valence-corrected chi connectivity index (χ4v) is 2.99. The second-order valence-electron chi connectivity index (χ2n) is 6.70. The summed E-state index contributed by atoms with van der Waals surface area (Å²) in [7, 11) is 0. The van der Waals surface area contributed by atoms with E-state index in [0.717, 1.165) is 5.56 Å². The highest BCUT2D eigenvalue weighted by molar-refractivity contribution is 6.00. The minimum absolute atomic E-state index is 0.0131. The van der Waals surface area contributed by atoms with Gasteiger partial charge in [0.25, 0.3) is 11.6 Å². The van der Waals surface area contributed by atoms with E-state index in [0.29, 0.717) is 5.69 Å². The van der Waals surface area contributed by atoms with E-state index in [1.54, 1.807) is 0 Å². The number of carbonyl (C=O) groups excluding carboxylic acids is 3. The Morgan fingerprint density at radius 3 is 2.66 bits per heavy atom. The average molecular weight is 397 g/mol. The van der Waals surface area contributed by atoms with E-state index in [-0.39, 0.29) is 30.2 Å². The first-order valence-electron chi connectivity index (χ1n) is 8.91. The molecule has 1 N–H and O–H groups in total. The zero-order valence-corrected chi connectivity index (χ0v) is 15.7. The van der Waals surface area contributed by atoms with E-state index in [1.807, 2.05) is 31.2 Å². The molecule has 0 aliphatic carbocycles. The Balaban J connectivity index is 1.52. The number of nitrogens with zero attached hydrogens (tertiary/aromatic N) is 2. The molecule has 0 bridgehead atoms. The van der Waals surface area contributed by atoms with Crippen molar-refractivity contribution >= 4 is 34.8 Å². The van der Waals surface area contributed by atoms with Crippen LogP contribution in [0.5, 0.6) is 0 Å². The van der Waals surface area contributed by atoms with Crippen LogP contribution in [0.15, 0.2) is 48.5 Å². The van der Waals surface area contributed by atoms with Gasteiger partial charge in [-0.25, -0.2) is 0 Å². The van der Waals surface area contributed by atoms with Crippen LogP contribution in [0.25, 0.3) is 0 Å². The molecule has 2 amide bonds. The van der Waals surface area contributed by atoms with Gasteiger partial charge in [0.05, 0.1) is 10.8 Å². The summed E-state index contributed by atoms with van der Waals surface area (Å²) in [6.07, 6.45) is 0.0131. The molecule has 1 heterocycles. The third kappa shape index (κ3) is 4.95. The maximum atomic E-state index is 12.3. The molecule has 0 aromatic heterocycles. The summed E-state index contributed by atoms with van der Waals surface area (Å²) < 4.78 is 5.03. The quantitative estimate of drug-likeness (QED) is 0.454. The number of aryl methyl sites for hydroxylation is 1. The van der Waals surface area contributed by atoms with Crippen LogP contribution in [0.1, 0.15) is 12.0 Å². The largest absolute Gasteiger partial charge is 0.455 e. The SMILES string of the molecule is Cc1ccc(N2C[C@@H](C(=O)OCC(=O)Nc3cccc([N+](=O)[O-])c3)CC2=O)cc1. The number of ether oxygens (including phenoxy) is 1. The molecule has 0 spiro atoms. The fraction of sp³-hybridized carbons (Fsp3) is 0.250. The number of hydrogen-bond acceptors (Lipinski definition) is 6. The smallest absolute Gasteiger partial charge is 0.311 e. The molecule has 0 radical (unpaired) electrons. The number of carbonyl (C=O) groups is 3. The van der Waals surface area contributed by atoms with Crippen molar-refractivity contribution in [2.75, 3.05) is 23.4 Å². The number of amides is 2. The molecular formula is C20H19N3O6. The van der Waals surface area contributed by atoms with E-state index >= 15 is 0 Å². The Labute approximate surface area is 166 Å². The second-order valence-corrected chi connectivity index (χ2v) is 6.70. The molecule has 9 heteroatoms. The summed E-state index contributed by atoms with van der Waals surface area (Å²) in [6, 6.07) is 12.8. The first-order valence-corrected chi connectivity index (χ1v) is 8.91. The summed E-state index contributed by atoms with van der Waals surface area (Å²) in [4.78, 5) is 48.1. The first-order chi connectivity index (χ1) is 13.8. The Morgan fingerprint density at radius 2 is 1.97 bits per heavy atom. The van der Waals surface area contributed by atoms with Crippen LogP contribution in [-0.4, -0.2) is 35.9 Å². The van der Waals surface area contributed by atoms with Gasteiger partial charge in [-0.3, -0.25) is 24.5 Å². The van der Waals surface area contributed by atoms with Crippen LogP contribution < -0.4 is 10.2 Å². The van der Waals surface area contributed by atoms with Gasteiger partial charge in [-0.05, 0) is 25.1 Å². The van der Waals surface area contributed by atoms with Crippen LogP contribution in [0.2, 0.25) is 0 Å². The third-order valence-corrected chi connectivity index (χ3v) is 4.49. The van der Waals surface area contributed by atoms with Crippen molar-refractivity contribution in [2.45, 2.75) is 13.3 Å². The van der Waals surface area contributed by atoms with Crippen molar-refractivity contribution in [3.05, 3.63) is 64.2 Å².